The molecule has 1 unspecified atom stereocenters. The smallest absolute Gasteiger partial charge is 0.136 e. The zero-order valence-electron chi connectivity index (χ0n) is 9.64. The Labute approximate surface area is 94.9 Å². The molecule has 86 valence electrons. The van der Waals surface area contributed by atoms with Crippen molar-refractivity contribution in [2.75, 3.05) is 6.54 Å². The van der Waals surface area contributed by atoms with Crippen LogP contribution in [0.25, 0.3) is 5.65 Å². The average Bonchev–Trinajstić information content (AvgIpc) is 2.60. The number of rotatable bonds is 4. The Balaban J connectivity index is 2.15. The lowest BCUT2D eigenvalue weighted by Crippen LogP contribution is -2.24. The molecule has 2 rings (SSSR count). The third-order valence-electron chi connectivity index (χ3n) is 2.48. The summed E-state index contributed by atoms with van der Waals surface area (Å²) in [7, 11) is 0. The molecule has 4 heteroatoms. The molecule has 2 aromatic heterocycles. The van der Waals surface area contributed by atoms with Gasteiger partial charge in [-0.1, -0.05) is 6.07 Å². The second-order valence-electron chi connectivity index (χ2n) is 4.16. The van der Waals surface area contributed by atoms with Crippen LogP contribution in [0.4, 0.5) is 0 Å². The van der Waals surface area contributed by atoms with E-state index in [4.69, 9.17) is 5.11 Å². The van der Waals surface area contributed by atoms with Crippen LogP contribution in [-0.4, -0.2) is 27.1 Å². The van der Waals surface area contributed by atoms with Gasteiger partial charge in [0.15, 0.2) is 0 Å². The third-order valence-corrected chi connectivity index (χ3v) is 2.48. The number of aliphatic hydroxyl groups excluding tert-OH is 1. The maximum Gasteiger partial charge on any atom is 0.136 e. The van der Waals surface area contributed by atoms with Crippen molar-refractivity contribution in [3.8, 4) is 0 Å². The molecule has 0 aliphatic carbocycles. The van der Waals surface area contributed by atoms with Crippen LogP contribution in [0.5, 0.6) is 0 Å². The van der Waals surface area contributed by atoms with E-state index < -0.39 is 0 Å². The fraction of sp³-hybridized carbons (Fsp3) is 0.417. The first-order chi connectivity index (χ1) is 7.66. The summed E-state index contributed by atoms with van der Waals surface area (Å²) < 4.78 is 2.07. The van der Waals surface area contributed by atoms with Crippen molar-refractivity contribution in [2.45, 2.75) is 26.5 Å². The second kappa shape index (κ2) is 4.63. The highest BCUT2D eigenvalue weighted by molar-refractivity contribution is 5.41. The van der Waals surface area contributed by atoms with Gasteiger partial charge in [-0.25, -0.2) is 4.98 Å². The number of hydrogen-bond acceptors (Lipinski definition) is 3. The predicted octanol–water partition coefficient (Wildman–Crippen LogP) is 1.11. The first-order valence-electron chi connectivity index (χ1n) is 5.48. The molecule has 2 N–H and O–H groups in total. The van der Waals surface area contributed by atoms with Crippen molar-refractivity contribution in [2.24, 2.45) is 0 Å². The zero-order valence-corrected chi connectivity index (χ0v) is 9.64. The van der Waals surface area contributed by atoms with Gasteiger partial charge in [0.1, 0.15) is 5.65 Å². The van der Waals surface area contributed by atoms with Gasteiger partial charge in [0.25, 0.3) is 0 Å². The Morgan fingerprint density at radius 3 is 3.06 bits per heavy atom. The molecule has 0 saturated heterocycles. The van der Waals surface area contributed by atoms with Gasteiger partial charge in [0.05, 0.1) is 18.0 Å². The van der Waals surface area contributed by atoms with Crippen LogP contribution in [0.2, 0.25) is 0 Å². The fourth-order valence-corrected chi connectivity index (χ4v) is 1.68. The third kappa shape index (κ3) is 2.40. The van der Waals surface area contributed by atoms with E-state index in [2.05, 4.69) is 33.9 Å². The molecule has 1 atom stereocenters. The van der Waals surface area contributed by atoms with Gasteiger partial charge in [-0.2, -0.15) is 0 Å². The van der Waals surface area contributed by atoms with Crippen LogP contribution in [0, 0.1) is 6.92 Å². The van der Waals surface area contributed by atoms with E-state index in [-0.39, 0.29) is 6.10 Å². The molecule has 0 aliphatic heterocycles. The number of imidazole rings is 1. The summed E-state index contributed by atoms with van der Waals surface area (Å²) in [5.41, 5.74) is 3.28. The summed E-state index contributed by atoms with van der Waals surface area (Å²) in [6.07, 6.45) is 3.62. The number of aliphatic hydroxyl groups is 1. The summed E-state index contributed by atoms with van der Waals surface area (Å²) in [6.45, 7) is 5.15. The highest BCUT2D eigenvalue weighted by atomic mass is 16.3. The average molecular weight is 219 g/mol. The Kier molecular flexibility index (Phi) is 3.22. The van der Waals surface area contributed by atoms with E-state index >= 15 is 0 Å². The second-order valence-corrected chi connectivity index (χ2v) is 4.16. The topological polar surface area (TPSA) is 49.6 Å². The molecule has 0 fully saturated rings. The number of aryl methyl sites for hydroxylation is 1. The van der Waals surface area contributed by atoms with Crippen LogP contribution >= 0.6 is 0 Å². The van der Waals surface area contributed by atoms with Gasteiger partial charge in [-0.15, -0.1) is 0 Å². The summed E-state index contributed by atoms with van der Waals surface area (Å²) in [5, 5.41) is 12.3. The summed E-state index contributed by atoms with van der Waals surface area (Å²) in [6, 6.07) is 4.06. The van der Waals surface area contributed by atoms with Gasteiger partial charge in [0, 0.05) is 19.3 Å². The molecule has 2 heterocycles. The standard InChI is InChI=1S/C12H17N3O/c1-9-3-4-12-14-7-11(15(12)8-9)6-13-5-10(2)16/h3-4,7-8,10,13,16H,5-6H2,1-2H3. The van der Waals surface area contributed by atoms with E-state index in [0.717, 1.165) is 17.9 Å². The first kappa shape index (κ1) is 11.1. The molecule has 0 aromatic carbocycles. The lowest BCUT2D eigenvalue weighted by molar-refractivity contribution is 0.191. The molecule has 0 radical (unpaired) electrons. The normalized spacial score (nSPS) is 13.2. The number of nitrogens with zero attached hydrogens (tertiary/aromatic N) is 2. The minimum Gasteiger partial charge on any atom is -0.392 e. The molecule has 0 spiro atoms. The summed E-state index contributed by atoms with van der Waals surface area (Å²) in [5.74, 6) is 0. The number of aromatic nitrogens is 2. The fourth-order valence-electron chi connectivity index (χ4n) is 1.68. The van der Waals surface area contributed by atoms with Gasteiger partial charge in [-0.3, -0.25) is 0 Å². The number of nitrogens with one attached hydrogen (secondary N) is 1. The van der Waals surface area contributed by atoms with E-state index in [1.807, 2.05) is 12.3 Å². The molecular weight excluding hydrogens is 202 g/mol. The Bertz CT molecular complexity index is 476. The van der Waals surface area contributed by atoms with Crippen molar-refractivity contribution in [3.63, 3.8) is 0 Å². The van der Waals surface area contributed by atoms with Crippen LogP contribution in [0.15, 0.2) is 24.5 Å². The summed E-state index contributed by atoms with van der Waals surface area (Å²) >= 11 is 0. The van der Waals surface area contributed by atoms with Gasteiger partial charge >= 0.3 is 0 Å². The highest BCUT2D eigenvalue weighted by Crippen LogP contribution is 2.08. The van der Waals surface area contributed by atoms with Gasteiger partial charge in [0.2, 0.25) is 0 Å². The molecule has 0 aliphatic rings. The molecular formula is C12H17N3O. The monoisotopic (exact) mass is 219 g/mol. The van der Waals surface area contributed by atoms with Crippen LogP contribution in [0.3, 0.4) is 0 Å². The zero-order chi connectivity index (χ0) is 11.5. The predicted molar refractivity (Wildman–Crippen MR) is 63.3 cm³/mol. The lowest BCUT2D eigenvalue weighted by atomic mass is 10.3. The van der Waals surface area contributed by atoms with Crippen molar-refractivity contribution in [1.29, 1.82) is 0 Å². The highest BCUT2D eigenvalue weighted by Gasteiger charge is 2.03. The maximum absolute atomic E-state index is 9.15. The van der Waals surface area contributed by atoms with Crippen molar-refractivity contribution in [1.82, 2.24) is 14.7 Å². The van der Waals surface area contributed by atoms with Crippen LogP contribution < -0.4 is 5.32 Å². The molecule has 16 heavy (non-hydrogen) atoms. The van der Waals surface area contributed by atoms with E-state index in [1.54, 1.807) is 6.92 Å². The van der Waals surface area contributed by atoms with Crippen LogP contribution in [-0.2, 0) is 6.54 Å². The van der Waals surface area contributed by atoms with Gasteiger partial charge in [-0.05, 0) is 25.5 Å². The van der Waals surface area contributed by atoms with Crippen molar-refractivity contribution in [3.05, 3.63) is 35.8 Å². The molecule has 4 nitrogen and oxygen atoms in total. The maximum atomic E-state index is 9.15. The van der Waals surface area contributed by atoms with Crippen molar-refractivity contribution >= 4 is 5.65 Å². The number of hydrogen-bond donors (Lipinski definition) is 2. The van der Waals surface area contributed by atoms with E-state index in [1.165, 1.54) is 5.56 Å². The molecule has 2 aromatic rings. The Hall–Kier alpha value is -1.39. The molecule has 0 saturated carbocycles. The first-order valence-corrected chi connectivity index (χ1v) is 5.48. The Morgan fingerprint density at radius 1 is 1.50 bits per heavy atom. The van der Waals surface area contributed by atoms with Crippen molar-refractivity contribution < 1.29 is 5.11 Å². The quantitative estimate of drug-likeness (QED) is 0.810. The molecule has 0 bridgehead atoms. The molecule has 0 amide bonds. The number of fused-ring (bicyclic) bond motifs is 1. The Morgan fingerprint density at radius 2 is 2.31 bits per heavy atom. The SMILES string of the molecule is Cc1ccc2ncc(CNCC(C)O)n2c1. The largest absolute Gasteiger partial charge is 0.392 e. The van der Waals surface area contributed by atoms with E-state index in [0.29, 0.717) is 6.54 Å². The lowest BCUT2D eigenvalue weighted by Gasteiger charge is -2.06. The minimum atomic E-state index is -0.319. The van der Waals surface area contributed by atoms with Gasteiger partial charge < -0.3 is 14.8 Å². The summed E-state index contributed by atoms with van der Waals surface area (Å²) in [4.78, 5) is 4.32. The minimum absolute atomic E-state index is 0.319. The van der Waals surface area contributed by atoms with E-state index in [9.17, 15) is 0 Å². The van der Waals surface area contributed by atoms with Crippen LogP contribution in [0.1, 0.15) is 18.2 Å². The number of pyridine rings is 1.